The van der Waals surface area contributed by atoms with Crippen molar-refractivity contribution < 1.29 is 18.1 Å². The van der Waals surface area contributed by atoms with Crippen molar-refractivity contribution in [1.29, 1.82) is 0 Å². The van der Waals surface area contributed by atoms with E-state index in [1.807, 2.05) is 27.7 Å². The third kappa shape index (κ3) is 11.0. The van der Waals surface area contributed by atoms with E-state index in [2.05, 4.69) is 4.72 Å². The predicted octanol–water partition coefficient (Wildman–Crippen LogP) is 3.38. The van der Waals surface area contributed by atoms with Gasteiger partial charge >= 0.3 is 5.97 Å². The lowest BCUT2D eigenvalue weighted by atomic mass is 10.2. The average Bonchev–Trinajstić information content (AvgIpc) is 2.48. The van der Waals surface area contributed by atoms with Crippen LogP contribution in [0.15, 0.2) is 24.3 Å². The van der Waals surface area contributed by atoms with Gasteiger partial charge in [0, 0.05) is 6.54 Å². The van der Waals surface area contributed by atoms with Crippen LogP contribution in [0.25, 0.3) is 0 Å². The van der Waals surface area contributed by atoms with Gasteiger partial charge in [0.15, 0.2) is 0 Å². The molecule has 1 aromatic carbocycles. The number of ether oxygens (including phenoxy) is 1. The van der Waals surface area contributed by atoms with E-state index in [-0.39, 0.29) is 23.0 Å². The van der Waals surface area contributed by atoms with Gasteiger partial charge in [0.25, 0.3) is 0 Å². The number of hydrogen-bond donors (Lipinski definition) is 1. The molecule has 0 aliphatic rings. The smallest absolute Gasteiger partial charge is 0.307 e. The maximum absolute atomic E-state index is 12.2. The summed E-state index contributed by atoms with van der Waals surface area (Å²) >= 11 is 0. The maximum Gasteiger partial charge on any atom is 0.307 e. The largest absolute Gasteiger partial charge is 0.466 e. The van der Waals surface area contributed by atoms with Crippen molar-refractivity contribution in [2.75, 3.05) is 13.2 Å². The Kier molecular flexibility index (Phi) is 10.7. The highest BCUT2D eigenvalue weighted by molar-refractivity contribution is 7.84. The molecular weight excluding hydrogens is 317 g/mol. The molecule has 0 saturated carbocycles. The zero-order chi connectivity index (χ0) is 17.9. The fourth-order valence-electron chi connectivity index (χ4n) is 1.42. The van der Waals surface area contributed by atoms with Gasteiger partial charge in [-0.25, -0.2) is 13.3 Å². The number of hydrogen-bond acceptors (Lipinski definition) is 3. The van der Waals surface area contributed by atoms with E-state index in [0.717, 1.165) is 6.42 Å². The molecule has 0 amide bonds. The molecule has 1 aromatic rings. The van der Waals surface area contributed by atoms with E-state index < -0.39 is 11.0 Å². The van der Waals surface area contributed by atoms with Gasteiger partial charge in [-0.05, 0) is 51.8 Å². The lowest BCUT2D eigenvalue weighted by molar-refractivity contribution is -0.142. The van der Waals surface area contributed by atoms with Crippen LogP contribution < -0.4 is 4.72 Å². The van der Waals surface area contributed by atoms with E-state index in [1.54, 1.807) is 19.1 Å². The molecular formula is C17H28FNO3S. The second-order valence-electron chi connectivity index (χ2n) is 5.81. The Hall–Kier alpha value is -1.27. The highest BCUT2D eigenvalue weighted by Gasteiger charge is 2.18. The quantitative estimate of drug-likeness (QED) is 0.804. The molecule has 1 atom stereocenters. The van der Waals surface area contributed by atoms with Crippen molar-refractivity contribution in [3.05, 3.63) is 35.6 Å². The summed E-state index contributed by atoms with van der Waals surface area (Å²) in [5.74, 6) is -0.418. The van der Waals surface area contributed by atoms with Gasteiger partial charge in [-0.1, -0.05) is 19.1 Å². The Balaban J connectivity index is 0.000000459. The van der Waals surface area contributed by atoms with Crippen LogP contribution in [0.4, 0.5) is 4.39 Å². The lowest BCUT2D eigenvalue weighted by Crippen LogP contribution is -2.34. The number of aryl methyl sites for hydroxylation is 1. The van der Waals surface area contributed by atoms with E-state index in [1.165, 1.54) is 17.7 Å². The average molecular weight is 345 g/mol. The first-order chi connectivity index (χ1) is 10.7. The molecule has 0 spiro atoms. The maximum atomic E-state index is 12.2. The molecule has 132 valence electrons. The van der Waals surface area contributed by atoms with Crippen LogP contribution in [0.5, 0.6) is 0 Å². The van der Waals surface area contributed by atoms with Gasteiger partial charge in [-0.15, -0.1) is 0 Å². The zero-order valence-electron chi connectivity index (χ0n) is 14.6. The van der Waals surface area contributed by atoms with Crippen LogP contribution in [-0.4, -0.2) is 28.1 Å². The van der Waals surface area contributed by atoms with Crippen molar-refractivity contribution in [2.45, 2.75) is 52.2 Å². The molecule has 1 rings (SSSR count). The zero-order valence-corrected chi connectivity index (χ0v) is 15.5. The summed E-state index contributed by atoms with van der Waals surface area (Å²) in [5, 5.41) is 0. The molecule has 0 aliphatic carbocycles. The lowest BCUT2D eigenvalue weighted by Gasteiger charge is -2.17. The van der Waals surface area contributed by atoms with Gasteiger partial charge in [-0.2, -0.15) is 0 Å². The molecule has 1 N–H and O–H groups in total. The molecule has 0 radical (unpaired) electrons. The monoisotopic (exact) mass is 345 g/mol. The van der Waals surface area contributed by atoms with E-state index in [4.69, 9.17) is 4.74 Å². The Morgan fingerprint density at radius 3 is 2.22 bits per heavy atom. The van der Waals surface area contributed by atoms with Crippen LogP contribution in [-0.2, 0) is 26.9 Å². The van der Waals surface area contributed by atoms with Crippen molar-refractivity contribution in [2.24, 2.45) is 0 Å². The first kappa shape index (κ1) is 21.7. The number of rotatable bonds is 6. The Labute approximate surface area is 141 Å². The topological polar surface area (TPSA) is 55.4 Å². The molecule has 0 fully saturated rings. The highest BCUT2D eigenvalue weighted by atomic mass is 32.2. The number of benzene rings is 1. The summed E-state index contributed by atoms with van der Waals surface area (Å²) in [4.78, 5) is 10.9. The van der Waals surface area contributed by atoms with Gasteiger partial charge < -0.3 is 4.74 Å². The summed E-state index contributed by atoms with van der Waals surface area (Å²) in [6.07, 6.45) is 1.23. The van der Waals surface area contributed by atoms with E-state index in [0.29, 0.717) is 13.2 Å². The van der Waals surface area contributed by atoms with Crippen LogP contribution in [0.2, 0.25) is 0 Å². The van der Waals surface area contributed by atoms with Crippen molar-refractivity contribution in [3.8, 4) is 0 Å². The molecule has 0 aromatic heterocycles. The molecule has 4 nitrogen and oxygen atoms in total. The van der Waals surface area contributed by atoms with Gasteiger partial charge in [0.2, 0.25) is 0 Å². The van der Waals surface area contributed by atoms with E-state index >= 15 is 0 Å². The second kappa shape index (κ2) is 11.3. The molecule has 0 saturated heterocycles. The molecule has 0 bridgehead atoms. The summed E-state index contributed by atoms with van der Waals surface area (Å²) < 4.78 is 30.9. The molecule has 6 heteroatoms. The van der Waals surface area contributed by atoms with Crippen molar-refractivity contribution >= 4 is 17.0 Å². The Bertz CT molecular complexity index is 484. The minimum atomic E-state index is -1.12. The minimum absolute atomic E-state index is 0.160. The SMILES string of the molecule is CCOC(=O)CCNS(=O)C(C)(C)C.CCc1ccc(F)cc1. The third-order valence-corrected chi connectivity index (χ3v) is 4.32. The number of nitrogens with one attached hydrogen (secondary N) is 1. The van der Waals surface area contributed by atoms with Crippen LogP contribution in [0, 0.1) is 5.82 Å². The summed E-state index contributed by atoms with van der Waals surface area (Å²) in [6, 6.07) is 6.57. The van der Waals surface area contributed by atoms with E-state index in [9.17, 15) is 13.4 Å². The minimum Gasteiger partial charge on any atom is -0.466 e. The summed E-state index contributed by atoms with van der Waals surface area (Å²) in [5.41, 5.74) is 1.18. The van der Waals surface area contributed by atoms with Crippen molar-refractivity contribution in [1.82, 2.24) is 4.72 Å². The van der Waals surface area contributed by atoms with Crippen LogP contribution in [0.1, 0.15) is 46.6 Å². The van der Waals surface area contributed by atoms with Gasteiger partial charge in [-0.3, -0.25) is 4.79 Å². The van der Waals surface area contributed by atoms with Gasteiger partial charge in [0.1, 0.15) is 5.82 Å². The van der Waals surface area contributed by atoms with Crippen molar-refractivity contribution in [3.63, 3.8) is 0 Å². The standard InChI is InChI=1S/C9H19NO3S.C8H9F/c1-5-13-8(11)6-7-10-14(12)9(2,3)4;1-2-7-3-5-8(9)6-4-7/h10H,5-7H2,1-4H3;3-6H,2H2,1H3. The summed E-state index contributed by atoms with van der Waals surface area (Å²) in [7, 11) is -1.12. The predicted molar refractivity (Wildman–Crippen MR) is 92.9 cm³/mol. The van der Waals surface area contributed by atoms with Gasteiger partial charge in [0.05, 0.1) is 28.8 Å². The Morgan fingerprint density at radius 2 is 1.78 bits per heavy atom. The summed E-state index contributed by atoms with van der Waals surface area (Å²) in [6.45, 7) is 10.2. The first-order valence-corrected chi connectivity index (χ1v) is 8.91. The molecule has 23 heavy (non-hydrogen) atoms. The first-order valence-electron chi connectivity index (χ1n) is 7.76. The molecule has 0 aliphatic heterocycles. The fourth-order valence-corrected chi connectivity index (χ4v) is 2.14. The Morgan fingerprint density at radius 1 is 1.22 bits per heavy atom. The number of carbonyl (C=O) groups is 1. The third-order valence-electron chi connectivity index (χ3n) is 2.75. The fraction of sp³-hybridized carbons (Fsp3) is 0.588. The van der Waals surface area contributed by atoms with Crippen LogP contribution in [0.3, 0.4) is 0 Å². The number of esters is 1. The molecule has 1 unspecified atom stereocenters. The van der Waals surface area contributed by atoms with Crippen LogP contribution >= 0.6 is 0 Å². The number of halogens is 1. The second-order valence-corrected chi connectivity index (χ2v) is 7.86. The highest BCUT2D eigenvalue weighted by Crippen LogP contribution is 2.08. The molecule has 0 heterocycles. The number of carbonyl (C=O) groups excluding carboxylic acids is 1. The normalized spacial score (nSPS) is 12.1.